The molecule has 0 heterocycles. The van der Waals surface area contributed by atoms with Gasteiger partial charge in [0, 0.05) is 19.4 Å². The van der Waals surface area contributed by atoms with E-state index in [9.17, 15) is 4.79 Å². The summed E-state index contributed by atoms with van der Waals surface area (Å²) >= 11 is 0. The van der Waals surface area contributed by atoms with Gasteiger partial charge in [-0.2, -0.15) is 0 Å². The summed E-state index contributed by atoms with van der Waals surface area (Å²) in [6, 6.07) is 0. The van der Waals surface area contributed by atoms with Crippen molar-refractivity contribution >= 4 is 5.91 Å². The van der Waals surface area contributed by atoms with Gasteiger partial charge in [0.05, 0.1) is 27.2 Å². The number of nitrogens with zero attached hydrogens (tertiary/aromatic N) is 1. The molecule has 0 aromatic heterocycles. The number of carbonyl (C=O) groups is 1. The van der Waals surface area contributed by atoms with Crippen LogP contribution in [0.2, 0.25) is 0 Å². The quantitative estimate of drug-likeness (QED) is 0.0999. The van der Waals surface area contributed by atoms with Crippen molar-refractivity contribution in [1.82, 2.24) is 5.32 Å². The molecule has 3 nitrogen and oxygen atoms in total. The second kappa shape index (κ2) is 24.6. The Kier molecular flexibility index (Phi) is 24.1. The average molecular weight is 468 g/mol. The number of hydrogen-bond donors (Lipinski definition) is 1. The van der Waals surface area contributed by atoms with E-state index in [1.54, 1.807) is 0 Å². The van der Waals surface area contributed by atoms with Crippen LogP contribution in [0.1, 0.15) is 155 Å². The third kappa shape index (κ3) is 25.9. The van der Waals surface area contributed by atoms with Crippen molar-refractivity contribution in [3.8, 4) is 0 Å². The zero-order valence-electron chi connectivity index (χ0n) is 23.5. The molecule has 0 saturated carbocycles. The van der Waals surface area contributed by atoms with Gasteiger partial charge >= 0.3 is 0 Å². The van der Waals surface area contributed by atoms with Crippen LogP contribution in [0.4, 0.5) is 0 Å². The van der Waals surface area contributed by atoms with Gasteiger partial charge in [-0.05, 0) is 12.8 Å². The molecule has 0 bridgehead atoms. The van der Waals surface area contributed by atoms with Crippen LogP contribution in [0.5, 0.6) is 0 Å². The molecule has 0 aliphatic rings. The van der Waals surface area contributed by atoms with Gasteiger partial charge in [0.2, 0.25) is 5.91 Å². The summed E-state index contributed by atoms with van der Waals surface area (Å²) in [7, 11) is 4.56. The molecule has 3 heteroatoms. The first kappa shape index (κ1) is 32.4. The van der Waals surface area contributed by atoms with Gasteiger partial charge in [0.1, 0.15) is 0 Å². The summed E-state index contributed by atoms with van der Waals surface area (Å²) < 4.78 is 1.06. The third-order valence-electron chi connectivity index (χ3n) is 7.10. The molecule has 0 atom stereocenters. The highest BCUT2D eigenvalue weighted by Gasteiger charge is 2.12. The van der Waals surface area contributed by atoms with Gasteiger partial charge in [-0.15, -0.1) is 0 Å². The Balaban J connectivity index is 3.21. The molecule has 0 saturated heterocycles. The van der Waals surface area contributed by atoms with E-state index in [2.05, 4.69) is 33.3 Å². The molecule has 1 N–H and O–H groups in total. The van der Waals surface area contributed by atoms with Crippen molar-refractivity contribution in [2.45, 2.75) is 155 Å². The lowest BCUT2D eigenvalue weighted by Crippen LogP contribution is -2.42. The maximum absolute atomic E-state index is 12.0. The van der Waals surface area contributed by atoms with Crippen LogP contribution in [0.25, 0.3) is 0 Å². The molecule has 1 amide bonds. The van der Waals surface area contributed by atoms with Gasteiger partial charge in [-0.1, -0.05) is 129 Å². The highest BCUT2D eigenvalue weighted by molar-refractivity contribution is 5.75. The Bertz CT molecular complexity index is 408. The molecule has 0 radical (unpaired) electrons. The van der Waals surface area contributed by atoms with E-state index in [0.29, 0.717) is 6.42 Å². The molecule has 0 aliphatic heterocycles. The summed E-state index contributed by atoms with van der Waals surface area (Å²) in [6.45, 7) is 7.73. The van der Waals surface area contributed by atoms with E-state index < -0.39 is 0 Å². The van der Waals surface area contributed by atoms with Crippen molar-refractivity contribution in [3.05, 3.63) is 0 Å². The summed E-state index contributed by atoms with van der Waals surface area (Å²) in [6.07, 6.45) is 29.5. The largest absolute Gasteiger partial charge is 0.356 e. The molecule has 0 unspecified atom stereocenters. The lowest BCUT2D eigenvalue weighted by Gasteiger charge is -2.29. The zero-order valence-corrected chi connectivity index (χ0v) is 23.5. The third-order valence-corrected chi connectivity index (χ3v) is 7.10. The zero-order chi connectivity index (χ0) is 24.5. The minimum absolute atomic E-state index is 0.253. The smallest absolute Gasteiger partial charge is 0.219 e. The van der Waals surface area contributed by atoms with E-state index >= 15 is 0 Å². The van der Waals surface area contributed by atoms with E-state index in [0.717, 1.165) is 30.4 Å². The molecular weight excluding hydrogens is 404 g/mol. The number of rotatable bonds is 26. The molecule has 0 aromatic rings. The molecule has 0 aliphatic carbocycles. The van der Waals surface area contributed by atoms with E-state index in [-0.39, 0.29) is 5.91 Å². The standard InChI is InChI=1S/C30H62N2O/c1-5-7-8-9-10-11-12-13-14-15-16-17-18-19-20-21-22-23-24-26-30(33)31-27-25-29-32(3,4)28-6-2/h5-29H2,1-4H3/p+1. The average Bonchev–Trinajstić information content (AvgIpc) is 2.78. The lowest BCUT2D eigenvalue weighted by atomic mass is 10.0. The molecule has 33 heavy (non-hydrogen) atoms. The second-order valence-electron chi connectivity index (χ2n) is 11.2. The maximum atomic E-state index is 12.0. The normalized spacial score (nSPS) is 11.8. The van der Waals surface area contributed by atoms with Crippen molar-refractivity contribution in [1.29, 1.82) is 0 Å². The highest BCUT2D eigenvalue weighted by atomic mass is 16.1. The van der Waals surface area contributed by atoms with E-state index in [1.807, 2.05) is 0 Å². The van der Waals surface area contributed by atoms with Crippen LogP contribution >= 0.6 is 0 Å². The molecular formula is C30H63N2O+. The first-order chi connectivity index (χ1) is 16.0. The van der Waals surface area contributed by atoms with E-state index in [1.165, 1.54) is 129 Å². The first-order valence-corrected chi connectivity index (χ1v) is 15.1. The number of carbonyl (C=O) groups excluding carboxylic acids is 1. The number of hydrogen-bond acceptors (Lipinski definition) is 1. The summed E-state index contributed by atoms with van der Waals surface area (Å²) in [5.41, 5.74) is 0. The van der Waals surface area contributed by atoms with Crippen LogP contribution in [0, 0.1) is 0 Å². The van der Waals surface area contributed by atoms with Gasteiger partial charge in [-0.3, -0.25) is 4.79 Å². The number of amides is 1. The number of unbranched alkanes of at least 4 members (excludes halogenated alkanes) is 18. The predicted octanol–water partition coefficient (Wildman–Crippen LogP) is 8.80. The molecule has 198 valence electrons. The summed E-state index contributed by atoms with van der Waals surface area (Å²) in [4.78, 5) is 12.0. The first-order valence-electron chi connectivity index (χ1n) is 15.1. The Labute approximate surface area is 209 Å². The van der Waals surface area contributed by atoms with Gasteiger partial charge in [-0.25, -0.2) is 0 Å². The van der Waals surface area contributed by atoms with Crippen LogP contribution in [-0.2, 0) is 4.79 Å². The predicted molar refractivity (Wildman–Crippen MR) is 148 cm³/mol. The fourth-order valence-corrected chi connectivity index (χ4v) is 4.90. The second-order valence-corrected chi connectivity index (χ2v) is 11.2. The minimum Gasteiger partial charge on any atom is -0.356 e. The van der Waals surface area contributed by atoms with Gasteiger partial charge < -0.3 is 9.80 Å². The van der Waals surface area contributed by atoms with Crippen LogP contribution in [0.15, 0.2) is 0 Å². The van der Waals surface area contributed by atoms with Crippen LogP contribution in [-0.4, -0.2) is 44.1 Å². The van der Waals surface area contributed by atoms with Crippen molar-refractivity contribution in [2.24, 2.45) is 0 Å². The molecule has 0 fully saturated rings. The van der Waals surface area contributed by atoms with Crippen molar-refractivity contribution < 1.29 is 9.28 Å². The van der Waals surface area contributed by atoms with Crippen LogP contribution < -0.4 is 5.32 Å². The lowest BCUT2D eigenvalue weighted by molar-refractivity contribution is -0.890. The Hall–Kier alpha value is -0.570. The monoisotopic (exact) mass is 467 g/mol. The van der Waals surface area contributed by atoms with E-state index in [4.69, 9.17) is 0 Å². The summed E-state index contributed by atoms with van der Waals surface area (Å²) in [5.74, 6) is 0.253. The Morgan fingerprint density at radius 1 is 0.515 bits per heavy atom. The molecule has 0 aromatic carbocycles. The van der Waals surface area contributed by atoms with Crippen molar-refractivity contribution in [2.75, 3.05) is 33.7 Å². The SMILES string of the molecule is CCCCCCCCCCCCCCCCCCCCCC(=O)NCCC[N+](C)(C)CCC. The number of nitrogens with one attached hydrogen (secondary N) is 1. The maximum Gasteiger partial charge on any atom is 0.219 e. The summed E-state index contributed by atoms with van der Waals surface area (Å²) in [5, 5.41) is 3.11. The Morgan fingerprint density at radius 3 is 1.30 bits per heavy atom. The number of quaternary nitrogens is 1. The highest BCUT2D eigenvalue weighted by Crippen LogP contribution is 2.14. The topological polar surface area (TPSA) is 29.1 Å². The molecule has 0 rings (SSSR count). The fraction of sp³-hybridized carbons (Fsp3) is 0.967. The fourth-order valence-electron chi connectivity index (χ4n) is 4.90. The van der Waals surface area contributed by atoms with Gasteiger partial charge in [0.15, 0.2) is 0 Å². The Morgan fingerprint density at radius 2 is 0.909 bits per heavy atom. The van der Waals surface area contributed by atoms with Crippen LogP contribution in [0.3, 0.4) is 0 Å². The minimum atomic E-state index is 0.253. The van der Waals surface area contributed by atoms with Crippen molar-refractivity contribution in [3.63, 3.8) is 0 Å². The van der Waals surface area contributed by atoms with Gasteiger partial charge in [0.25, 0.3) is 0 Å². The molecule has 0 spiro atoms.